The summed E-state index contributed by atoms with van der Waals surface area (Å²) in [7, 11) is 0. The molecule has 2 aromatic rings. The summed E-state index contributed by atoms with van der Waals surface area (Å²) in [5.41, 5.74) is 2.49. The van der Waals surface area contributed by atoms with E-state index in [9.17, 15) is 9.59 Å². The van der Waals surface area contributed by atoms with Crippen LogP contribution in [0.3, 0.4) is 0 Å². The van der Waals surface area contributed by atoms with Gasteiger partial charge in [0.05, 0.1) is 17.7 Å². The lowest BCUT2D eigenvalue weighted by Gasteiger charge is -2.18. The molecule has 1 unspecified atom stereocenters. The Labute approximate surface area is 167 Å². The number of nitrogens with zero attached hydrogens (tertiary/aromatic N) is 1. The summed E-state index contributed by atoms with van der Waals surface area (Å²) in [5.74, 6) is 0.0298. The van der Waals surface area contributed by atoms with E-state index in [2.05, 4.69) is 21.2 Å². The number of hydrogen-bond acceptors (Lipinski definition) is 3. The van der Waals surface area contributed by atoms with E-state index in [0.29, 0.717) is 18.0 Å². The first-order valence-electron chi connectivity index (χ1n) is 8.98. The number of benzene rings is 2. The molecule has 0 saturated carbocycles. The van der Waals surface area contributed by atoms with Gasteiger partial charge < -0.3 is 15.0 Å². The van der Waals surface area contributed by atoms with Crippen molar-refractivity contribution >= 4 is 39.1 Å². The molecule has 2 aromatic carbocycles. The van der Waals surface area contributed by atoms with Crippen molar-refractivity contribution in [2.45, 2.75) is 33.3 Å². The van der Waals surface area contributed by atoms with Gasteiger partial charge in [-0.3, -0.25) is 9.59 Å². The lowest BCUT2D eigenvalue weighted by atomic mass is 10.1. The average Bonchev–Trinajstić information content (AvgIpc) is 3.00. The van der Waals surface area contributed by atoms with Crippen LogP contribution in [0.25, 0.3) is 0 Å². The summed E-state index contributed by atoms with van der Waals surface area (Å²) >= 11 is 3.47. The highest BCUT2D eigenvalue weighted by atomic mass is 79.9. The van der Waals surface area contributed by atoms with E-state index in [4.69, 9.17) is 4.74 Å². The van der Waals surface area contributed by atoms with Crippen LogP contribution >= 0.6 is 15.9 Å². The molecule has 0 aromatic heterocycles. The van der Waals surface area contributed by atoms with Crippen LogP contribution in [0, 0.1) is 12.8 Å². The summed E-state index contributed by atoms with van der Waals surface area (Å²) in [6.45, 7) is 6.22. The number of halogens is 1. The SMILES string of the molecule is Cc1cc(N2CC(C(=O)Nc3ccccc3OC(C)C)CC2=O)ccc1Br. The number of hydrogen-bond donors (Lipinski definition) is 1. The lowest BCUT2D eigenvalue weighted by Crippen LogP contribution is -2.28. The molecule has 5 nitrogen and oxygen atoms in total. The van der Waals surface area contributed by atoms with Gasteiger partial charge in [-0.05, 0) is 56.7 Å². The molecule has 1 N–H and O–H groups in total. The molecular formula is C21H23BrN2O3. The predicted molar refractivity (Wildman–Crippen MR) is 110 cm³/mol. The Morgan fingerprint density at radius 2 is 2.00 bits per heavy atom. The molecular weight excluding hydrogens is 408 g/mol. The van der Waals surface area contributed by atoms with E-state index in [-0.39, 0.29) is 24.3 Å². The number of nitrogens with one attached hydrogen (secondary N) is 1. The molecule has 1 aliphatic rings. The number of amides is 2. The molecule has 0 radical (unpaired) electrons. The van der Waals surface area contributed by atoms with Crippen molar-refractivity contribution < 1.29 is 14.3 Å². The molecule has 0 spiro atoms. The fourth-order valence-electron chi connectivity index (χ4n) is 3.09. The van der Waals surface area contributed by atoms with Crippen molar-refractivity contribution in [3.05, 3.63) is 52.5 Å². The third-order valence-electron chi connectivity index (χ3n) is 4.46. The molecule has 27 heavy (non-hydrogen) atoms. The first-order chi connectivity index (χ1) is 12.8. The Hall–Kier alpha value is -2.34. The van der Waals surface area contributed by atoms with Crippen molar-refractivity contribution in [1.29, 1.82) is 0 Å². The number of carbonyl (C=O) groups is 2. The summed E-state index contributed by atoms with van der Waals surface area (Å²) in [4.78, 5) is 26.9. The second-order valence-corrected chi connectivity index (χ2v) is 7.85. The van der Waals surface area contributed by atoms with Crippen LogP contribution in [0.4, 0.5) is 11.4 Å². The minimum atomic E-state index is -0.395. The van der Waals surface area contributed by atoms with E-state index >= 15 is 0 Å². The number of para-hydroxylation sites is 2. The molecule has 1 heterocycles. The second kappa shape index (κ2) is 8.13. The van der Waals surface area contributed by atoms with Crippen LogP contribution < -0.4 is 15.0 Å². The molecule has 3 rings (SSSR count). The van der Waals surface area contributed by atoms with Gasteiger partial charge in [-0.15, -0.1) is 0 Å². The Kier molecular flexibility index (Phi) is 5.85. The van der Waals surface area contributed by atoms with Crippen LogP contribution in [-0.4, -0.2) is 24.5 Å². The maximum absolute atomic E-state index is 12.7. The van der Waals surface area contributed by atoms with Crippen molar-refractivity contribution in [1.82, 2.24) is 0 Å². The molecule has 1 aliphatic heterocycles. The highest BCUT2D eigenvalue weighted by molar-refractivity contribution is 9.10. The Balaban J connectivity index is 1.72. The largest absolute Gasteiger partial charge is 0.489 e. The smallest absolute Gasteiger partial charge is 0.229 e. The lowest BCUT2D eigenvalue weighted by molar-refractivity contribution is -0.122. The van der Waals surface area contributed by atoms with E-state index in [1.54, 1.807) is 4.90 Å². The van der Waals surface area contributed by atoms with Gasteiger partial charge in [0.25, 0.3) is 0 Å². The molecule has 0 aliphatic carbocycles. The zero-order valence-corrected chi connectivity index (χ0v) is 17.2. The highest BCUT2D eigenvalue weighted by Crippen LogP contribution is 2.30. The third-order valence-corrected chi connectivity index (χ3v) is 5.35. The van der Waals surface area contributed by atoms with Gasteiger partial charge in [-0.25, -0.2) is 0 Å². The first kappa shape index (κ1) is 19.4. The quantitative estimate of drug-likeness (QED) is 0.757. The number of rotatable bonds is 5. The number of anilines is 2. The van der Waals surface area contributed by atoms with Crippen LogP contribution in [0.1, 0.15) is 25.8 Å². The maximum atomic E-state index is 12.7. The van der Waals surface area contributed by atoms with Crippen molar-refractivity contribution in [3.8, 4) is 5.75 Å². The normalized spacial score (nSPS) is 16.7. The van der Waals surface area contributed by atoms with Crippen LogP contribution in [-0.2, 0) is 9.59 Å². The fraction of sp³-hybridized carbons (Fsp3) is 0.333. The van der Waals surface area contributed by atoms with E-state index in [0.717, 1.165) is 15.7 Å². The van der Waals surface area contributed by atoms with Crippen molar-refractivity contribution in [2.75, 3.05) is 16.8 Å². The molecule has 142 valence electrons. The predicted octanol–water partition coefficient (Wildman–Crippen LogP) is 4.54. The number of carbonyl (C=O) groups excluding carboxylic acids is 2. The standard InChI is InChI=1S/C21H23BrN2O3/c1-13(2)27-19-7-5-4-6-18(19)23-21(26)15-11-20(25)24(12-15)16-8-9-17(22)14(3)10-16/h4-10,13,15H,11-12H2,1-3H3,(H,23,26). The maximum Gasteiger partial charge on any atom is 0.229 e. The van der Waals surface area contributed by atoms with Crippen LogP contribution in [0.15, 0.2) is 46.9 Å². The molecule has 6 heteroatoms. The minimum Gasteiger partial charge on any atom is -0.489 e. The molecule has 1 saturated heterocycles. The monoisotopic (exact) mass is 430 g/mol. The highest BCUT2D eigenvalue weighted by Gasteiger charge is 2.35. The average molecular weight is 431 g/mol. The van der Waals surface area contributed by atoms with E-state index in [1.165, 1.54) is 0 Å². The summed E-state index contributed by atoms with van der Waals surface area (Å²) in [5, 5.41) is 2.92. The van der Waals surface area contributed by atoms with Crippen LogP contribution in [0.2, 0.25) is 0 Å². The summed E-state index contributed by atoms with van der Waals surface area (Å²) in [6.07, 6.45) is 0.209. The van der Waals surface area contributed by atoms with Crippen molar-refractivity contribution in [2.24, 2.45) is 5.92 Å². The van der Waals surface area contributed by atoms with Gasteiger partial charge in [0.2, 0.25) is 11.8 Å². The topological polar surface area (TPSA) is 58.6 Å². The molecule has 2 amide bonds. The Morgan fingerprint density at radius 1 is 1.26 bits per heavy atom. The number of ether oxygens (including phenoxy) is 1. The van der Waals surface area contributed by atoms with Crippen LogP contribution in [0.5, 0.6) is 5.75 Å². The summed E-state index contributed by atoms with van der Waals surface area (Å²) in [6, 6.07) is 13.1. The zero-order chi connectivity index (χ0) is 19.6. The summed E-state index contributed by atoms with van der Waals surface area (Å²) < 4.78 is 6.74. The Morgan fingerprint density at radius 3 is 2.70 bits per heavy atom. The Bertz CT molecular complexity index is 866. The van der Waals surface area contributed by atoms with Gasteiger partial charge >= 0.3 is 0 Å². The van der Waals surface area contributed by atoms with Gasteiger partial charge in [-0.1, -0.05) is 28.1 Å². The van der Waals surface area contributed by atoms with Gasteiger partial charge in [-0.2, -0.15) is 0 Å². The van der Waals surface area contributed by atoms with Gasteiger partial charge in [0.1, 0.15) is 5.75 Å². The van der Waals surface area contributed by atoms with Crippen molar-refractivity contribution in [3.63, 3.8) is 0 Å². The van der Waals surface area contributed by atoms with E-state index < -0.39 is 5.92 Å². The molecule has 1 fully saturated rings. The van der Waals surface area contributed by atoms with Gasteiger partial charge in [0.15, 0.2) is 0 Å². The van der Waals surface area contributed by atoms with E-state index in [1.807, 2.05) is 63.2 Å². The second-order valence-electron chi connectivity index (χ2n) is 6.99. The molecule has 1 atom stereocenters. The van der Waals surface area contributed by atoms with Gasteiger partial charge in [0, 0.05) is 23.1 Å². The first-order valence-corrected chi connectivity index (χ1v) is 9.77. The fourth-order valence-corrected chi connectivity index (χ4v) is 3.34. The third kappa shape index (κ3) is 4.50. The number of aryl methyl sites for hydroxylation is 1. The zero-order valence-electron chi connectivity index (χ0n) is 15.7. The minimum absolute atomic E-state index is 0.00671. The molecule has 0 bridgehead atoms.